The Morgan fingerprint density at radius 3 is 2.31 bits per heavy atom. The van der Waals surface area contributed by atoms with E-state index in [1.807, 2.05) is 38.1 Å². The van der Waals surface area contributed by atoms with Crippen LogP contribution in [0.1, 0.15) is 19.4 Å². The summed E-state index contributed by atoms with van der Waals surface area (Å²) < 4.78 is 4.63. The number of allylic oxidation sites excluding steroid dienone is 1. The summed E-state index contributed by atoms with van der Waals surface area (Å²) in [6.07, 6.45) is 1.52. The molecule has 0 radical (unpaired) electrons. The van der Waals surface area contributed by atoms with Crippen molar-refractivity contribution in [1.82, 2.24) is 0 Å². The van der Waals surface area contributed by atoms with Gasteiger partial charge >= 0.3 is 5.97 Å². The summed E-state index contributed by atoms with van der Waals surface area (Å²) in [5.74, 6) is -0.0843. The molecule has 0 aliphatic rings. The number of esters is 1. The van der Waals surface area contributed by atoms with Gasteiger partial charge in [-0.3, -0.25) is 0 Å². The first-order chi connectivity index (χ1) is 7.54. The third kappa shape index (κ3) is 3.38. The van der Waals surface area contributed by atoms with Crippen LogP contribution in [0.2, 0.25) is 5.02 Å². The number of rotatable bonds is 3. The van der Waals surface area contributed by atoms with Crippen LogP contribution in [-0.2, 0) is 9.53 Å². The number of hydrogen-bond donors (Lipinski definition) is 0. The van der Waals surface area contributed by atoms with E-state index in [0.717, 1.165) is 11.1 Å². The number of hydrogen-bond acceptors (Lipinski definition) is 2. The van der Waals surface area contributed by atoms with Gasteiger partial charge in [0.05, 0.1) is 7.11 Å². The van der Waals surface area contributed by atoms with E-state index in [4.69, 9.17) is 11.6 Å². The zero-order valence-electron chi connectivity index (χ0n) is 9.66. The van der Waals surface area contributed by atoms with E-state index in [1.165, 1.54) is 13.2 Å². The summed E-state index contributed by atoms with van der Waals surface area (Å²) >= 11 is 5.82. The lowest BCUT2D eigenvalue weighted by molar-refractivity contribution is -0.134. The Bertz CT molecular complexity index is 391. The molecule has 0 saturated heterocycles. The second-order valence-electron chi connectivity index (χ2n) is 3.78. The molecule has 0 saturated carbocycles. The summed E-state index contributed by atoms with van der Waals surface area (Å²) in [6.45, 7) is 4.06. The van der Waals surface area contributed by atoms with Crippen LogP contribution < -0.4 is 0 Å². The van der Waals surface area contributed by atoms with Crippen molar-refractivity contribution in [1.29, 1.82) is 0 Å². The zero-order chi connectivity index (χ0) is 12.1. The highest BCUT2D eigenvalue weighted by molar-refractivity contribution is 6.30. The number of carbonyl (C=O) groups excluding carboxylic acids is 1. The van der Waals surface area contributed by atoms with Gasteiger partial charge in [-0.1, -0.05) is 37.6 Å². The fourth-order valence-corrected chi connectivity index (χ4v) is 1.54. The van der Waals surface area contributed by atoms with Crippen molar-refractivity contribution in [2.24, 2.45) is 5.92 Å². The van der Waals surface area contributed by atoms with Crippen LogP contribution in [0.5, 0.6) is 0 Å². The van der Waals surface area contributed by atoms with Gasteiger partial charge in [0.2, 0.25) is 0 Å². The summed E-state index contributed by atoms with van der Waals surface area (Å²) in [7, 11) is 1.37. The van der Waals surface area contributed by atoms with E-state index in [-0.39, 0.29) is 11.9 Å². The molecule has 0 aliphatic carbocycles. The SMILES string of the molecule is COC(=O)C=C(c1ccc(Cl)cc1)C(C)C. The van der Waals surface area contributed by atoms with Crippen molar-refractivity contribution in [3.8, 4) is 0 Å². The Morgan fingerprint density at radius 1 is 1.31 bits per heavy atom. The van der Waals surface area contributed by atoms with Crippen molar-refractivity contribution in [3.05, 3.63) is 40.9 Å². The molecule has 0 heterocycles. The molecule has 1 aromatic rings. The maximum absolute atomic E-state index is 11.2. The largest absolute Gasteiger partial charge is 0.466 e. The van der Waals surface area contributed by atoms with E-state index >= 15 is 0 Å². The Balaban J connectivity index is 3.08. The predicted molar refractivity (Wildman–Crippen MR) is 66.3 cm³/mol. The van der Waals surface area contributed by atoms with E-state index in [0.29, 0.717) is 5.02 Å². The first-order valence-electron chi connectivity index (χ1n) is 5.10. The molecule has 2 nitrogen and oxygen atoms in total. The zero-order valence-corrected chi connectivity index (χ0v) is 10.4. The molecule has 16 heavy (non-hydrogen) atoms. The molecule has 0 fully saturated rings. The highest BCUT2D eigenvalue weighted by atomic mass is 35.5. The van der Waals surface area contributed by atoms with Gasteiger partial charge in [-0.05, 0) is 29.2 Å². The minimum Gasteiger partial charge on any atom is -0.466 e. The molecule has 86 valence electrons. The van der Waals surface area contributed by atoms with Crippen LogP contribution in [0.3, 0.4) is 0 Å². The van der Waals surface area contributed by atoms with Gasteiger partial charge in [-0.15, -0.1) is 0 Å². The van der Waals surface area contributed by atoms with Gasteiger partial charge < -0.3 is 4.74 Å². The van der Waals surface area contributed by atoms with Crippen LogP contribution in [0.4, 0.5) is 0 Å². The topological polar surface area (TPSA) is 26.3 Å². The predicted octanol–water partition coefficient (Wildman–Crippen LogP) is 3.55. The van der Waals surface area contributed by atoms with Crippen molar-refractivity contribution >= 4 is 23.1 Å². The molecule has 3 heteroatoms. The third-order valence-corrected chi connectivity index (χ3v) is 2.53. The first-order valence-corrected chi connectivity index (χ1v) is 5.48. The van der Waals surface area contributed by atoms with E-state index in [9.17, 15) is 4.79 Å². The lowest BCUT2D eigenvalue weighted by Gasteiger charge is -2.11. The summed E-state index contributed by atoms with van der Waals surface area (Å²) in [4.78, 5) is 11.2. The number of benzene rings is 1. The fourth-order valence-electron chi connectivity index (χ4n) is 1.41. The second kappa shape index (κ2) is 5.71. The first kappa shape index (κ1) is 12.8. The maximum atomic E-state index is 11.2. The standard InChI is InChI=1S/C13H15ClO2/c1-9(2)12(8-13(15)16-3)10-4-6-11(14)7-5-10/h4-9H,1-3H3. The summed E-state index contributed by atoms with van der Waals surface area (Å²) in [5, 5.41) is 0.685. The van der Waals surface area contributed by atoms with Gasteiger partial charge in [0.25, 0.3) is 0 Å². The average Bonchev–Trinajstić information content (AvgIpc) is 2.26. The molecule has 0 aliphatic heterocycles. The minimum absolute atomic E-state index is 0.250. The molecule has 0 atom stereocenters. The van der Waals surface area contributed by atoms with Gasteiger partial charge in [-0.2, -0.15) is 0 Å². The van der Waals surface area contributed by atoms with Crippen molar-refractivity contribution < 1.29 is 9.53 Å². The molecular formula is C13H15ClO2. The second-order valence-corrected chi connectivity index (χ2v) is 4.22. The smallest absolute Gasteiger partial charge is 0.330 e. The van der Waals surface area contributed by atoms with Crippen molar-refractivity contribution in [2.75, 3.05) is 7.11 Å². The van der Waals surface area contributed by atoms with Gasteiger partial charge in [0.1, 0.15) is 0 Å². The molecule has 0 spiro atoms. The number of halogens is 1. The Hall–Kier alpha value is -1.28. The summed E-state index contributed by atoms with van der Waals surface area (Å²) in [5.41, 5.74) is 1.94. The molecule has 0 unspecified atom stereocenters. The normalized spacial score (nSPS) is 11.7. The van der Waals surface area contributed by atoms with E-state index in [1.54, 1.807) is 0 Å². The van der Waals surface area contributed by atoms with Gasteiger partial charge in [-0.25, -0.2) is 4.79 Å². The Morgan fingerprint density at radius 2 is 1.88 bits per heavy atom. The monoisotopic (exact) mass is 238 g/mol. The quantitative estimate of drug-likeness (QED) is 0.595. The lowest BCUT2D eigenvalue weighted by Crippen LogP contribution is -2.01. The molecule has 1 aromatic carbocycles. The third-order valence-electron chi connectivity index (χ3n) is 2.27. The van der Waals surface area contributed by atoms with Crippen molar-refractivity contribution in [3.63, 3.8) is 0 Å². The fraction of sp³-hybridized carbons (Fsp3) is 0.308. The maximum Gasteiger partial charge on any atom is 0.330 e. The van der Waals surface area contributed by atoms with E-state index < -0.39 is 0 Å². The van der Waals surface area contributed by atoms with Crippen LogP contribution in [0.25, 0.3) is 5.57 Å². The minimum atomic E-state index is -0.335. The lowest BCUT2D eigenvalue weighted by atomic mass is 9.95. The number of ether oxygens (including phenoxy) is 1. The van der Waals surface area contributed by atoms with Crippen LogP contribution >= 0.6 is 11.6 Å². The Kier molecular flexibility index (Phi) is 4.56. The van der Waals surface area contributed by atoms with Crippen LogP contribution in [0, 0.1) is 5.92 Å². The number of methoxy groups -OCH3 is 1. The van der Waals surface area contributed by atoms with Crippen LogP contribution in [-0.4, -0.2) is 13.1 Å². The van der Waals surface area contributed by atoms with Gasteiger partial charge in [0, 0.05) is 11.1 Å². The molecule has 0 N–H and O–H groups in total. The Labute approximate surface area is 101 Å². The highest BCUT2D eigenvalue weighted by Gasteiger charge is 2.09. The van der Waals surface area contributed by atoms with Gasteiger partial charge in [0.15, 0.2) is 0 Å². The molecule has 0 aromatic heterocycles. The molecular weight excluding hydrogens is 224 g/mol. The number of carbonyl (C=O) groups is 1. The average molecular weight is 239 g/mol. The highest BCUT2D eigenvalue weighted by Crippen LogP contribution is 2.24. The van der Waals surface area contributed by atoms with Crippen LogP contribution in [0.15, 0.2) is 30.3 Å². The molecule has 0 bridgehead atoms. The summed E-state index contributed by atoms with van der Waals surface area (Å²) in [6, 6.07) is 7.42. The molecule has 0 amide bonds. The van der Waals surface area contributed by atoms with E-state index in [2.05, 4.69) is 4.74 Å². The van der Waals surface area contributed by atoms with Crippen molar-refractivity contribution in [2.45, 2.75) is 13.8 Å². The molecule has 1 rings (SSSR count).